The van der Waals surface area contributed by atoms with Crippen LogP contribution in [0.15, 0.2) is 17.8 Å². The van der Waals surface area contributed by atoms with Crippen molar-refractivity contribution in [1.82, 2.24) is 19.5 Å². The van der Waals surface area contributed by atoms with Gasteiger partial charge in [-0.25, -0.2) is 15.0 Å². The van der Waals surface area contributed by atoms with E-state index < -0.39 is 31.1 Å². The zero-order valence-electron chi connectivity index (χ0n) is 10.2. The van der Waals surface area contributed by atoms with Gasteiger partial charge in [-0.05, 0) is 0 Å². The predicted molar refractivity (Wildman–Crippen MR) is 66.3 cm³/mol. The number of fused-ring (bicyclic) bond motifs is 1. The molecule has 0 amide bonds. The fraction of sp³-hybridized carbons (Fsp3) is 0.500. The molecule has 1 saturated heterocycles. The molecule has 0 bridgehead atoms. The molecule has 2 aromatic heterocycles. The van der Waals surface area contributed by atoms with Crippen LogP contribution in [0, 0.1) is 4.91 Å². The number of nitrogens with two attached hydrogens (primary N) is 1. The third-order valence-corrected chi connectivity index (χ3v) is 3.30. The van der Waals surface area contributed by atoms with Crippen molar-refractivity contribution in [3.05, 3.63) is 17.6 Å². The molecule has 4 unspecified atom stereocenters. The summed E-state index contributed by atoms with van der Waals surface area (Å²) in [4.78, 5) is 22.6. The second-order valence-corrected chi connectivity index (χ2v) is 4.42. The first-order chi connectivity index (χ1) is 9.67. The molecule has 4 atom stereocenters. The summed E-state index contributed by atoms with van der Waals surface area (Å²) in [5, 5.41) is 22.1. The normalized spacial score (nSPS) is 29.9. The van der Waals surface area contributed by atoms with Gasteiger partial charge in [0.15, 0.2) is 23.7 Å². The lowest BCUT2D eigenvalue weighted by atomic mass is 10.1. The average molecular weight is 280 g/mol. The lowest BCUT2D eigenvalue weighted by molar-refractivity contribution is -0.0488. The molecule has 10 nitrogen and oxygen atoms in total. The molecular weight excluding hydrogens is 268 g/mol. The van der Waals surface area contributed by atoms with Crippen LogP contribution in [0.4, 0.5) is 5.82 Å². The van der Waals surface area contributed by atoms with E-state index in [9.17, 15) is 10.0 Å². The molecule has 0 aromatic carbocycles. The zero-order chi connectivity index (χ0) is 14.3. The number of nitrogens with zero attached hydrogens (tertiary/aromatic N) is 5. The van der Waals surface area contributed by atoms with Gasteiger partial charge in [-0.1, -0.05) is 5.18 Å². The second kappa shape index (κ2) is 4.74. The topological polar surface area (TPSA) is 149 Å². The van der Waals surface area contributed by atoms with Crippen LogP contribution >= 0.6 is 0 Å². The first kappa shape index (κ1) is 12.8. The third-order valence-electron chi connectivity index (χ3n) is 3.30. The maximum Gasteiger partial charge on any atom is 0.167 e. The smallest absolute Gasteiger partial charge is 0.167 e. The van der Waals surface area contributed by atoms with Gasteiger partial charge in [0.25, 0.3) is 0 Å². The summed E-state index contributed by atoms with van der Waals surface area (Å²) in [5.74, 6) is 0.199. The van der Waals surface area contributed by atoms with Gasteiger partial charge in [-0.2, -0.15) is 4.91 Å². The molecule has 20 heavy (non-hydrogen) atoms. The number of hydrogen-bond acceptors (Lipinski definition) is 9. The molecule has 0 radical (unpaired) electrons. The van der Waals surface area contributed by atoms with Crippen molar-refractivity contribution in [1.29, 1.82) is 0 Å². The highest BCUT2D eigenvalue weighted by Crippen LogP contribution is 2.33. The van der Waals surface area contributed by atoms with E-state index in [-0.39, 0.29) is 5.82 Å². The Balaban J connectivity index is 2.04. The first-order valence-corrected chi connectivity index (χ1v) is 5.87. The second-order valence-electron chi connectivity index (χ2n) is 4.42. The van der Waals surface area contributed by atoms with Crippen molar-refractivity contribution in [3.63, 3.8) is 0 Å². The number of anilines is 1. The van der Waals surface area contributed by atoms with E-state index in [0.717, 1.165) is 0 Å². The lowest BCUT2D eigenvalue weighted by Crippen LogP contribution is -2.31. The van der Waals surface area contributed by atoms with Crippen molar-refractivity contribution >= 4 is 17.0 Å². The Morgan fingerprint density at radius 2 is 2.25 bits per heavy atom. The number of aliphatic hydroxyl groups excluding tert-OH is 2. The van der Waals surface area contributed by atoms with Crippen LogP contribution in [-0.4, -0.2) is 54.6 Å². The number of nitroso groups, excluding NO2 is 1. The van der Waals surface area contributed by atoms with E-state index in [1.165, 1.54) is 17.2 Å². The van der Waals surface area contributed by atoms with Crippen molar-refractivity contribution in [2.45, 2.75) is 24.5 Å². The van der Waals surface area contributed by atoms with E-state index in [4.69, 9.17) is 15.6 Å². The number of aliphatic hydroxyl groups is 2. The third kappa shape index (κ3) is 1.73. The Morgan fingerprint density at radius 1 is 1.45 bits per heavy atom. The van der Waals surface area contributed by atoms with Gasteiger partial charge in [0.1, 0.15) is 24.1 Å². The minimum atomic E-state index is -1.21. The van der Waals surface area contributed by atoms with Crippen LogP contribution in [0.3, 0.4) is 0 Å². The molecule has 3 heterocycles. The fourth-order valence-corrected chi connectivity index (χ4v) is 2.30. The summed E-state index contributed by atoms with van der Waals surface area (Å²) in [6.45, 7) is -0.423. The van der Waals surface area contributed by atoms with Crippen LogP contribution in [0.25, 0.3) is 11.2 Å². The molecule has 3 rings (SSSR count). The summed E-state index contributed by atoms with van der Waals surface area (Å²) in [6.07, 6.45) is -0.363. The van der Waals surface area contributed by atoms with E-state index in [0.29, 0.717) is 11.2 Å². The number of aromatic nitrogens is 4. The fourth-order valence-electron chi connectivity index (χ4n) is 2.30. The van der Waals surface area contributed by atoms with E-state index in [1.54, 1.807) is 0 Å². The Kier molecular flexibility index (Phi) is 3.04. The van der Waals surface area contributed by atoms with Crippen molar-refractivity contribution in [2.75, 3.05) is 12.3 Å². The molecule has 4 N–H and O–H groups in total. The maximum atomic E-state index is 10.7. The van der Waals surface area contributed by atoms with E-state index in [2.05, 4.69) is 20.1 Å². The highest BCUT2D eigenvalue weighted by atomic mass is 16.5. The van der Waals surface area contributed by atoms with Crippen molar-refractivity contribution < 1.29 is 14.9 Å². The maximum absolute atomic E-state index is 10.7. The molecule has 106 valence electrons. The molecule has 0 spiro atoms. The Labute approximate surface area is 112 Å². The minimum Gasteiger partial charge on any atom is -0.394 e. The standard InChI is InChI=1S/C10H12N6O4/c11-8-6-9(13-2-12-8)16(3-14-6)10-7(18)5(15-19)4(1-17)20-10/h2-5,7,10,17-18H,1H2,(H2,11,12,13). The van der Waals surface area contributed by atoms with Gasteiger partial charge in [0.2, 0.25) is 0 Å². The predicted octanol–water partition coefficient (Wildman–Crippen LogP) is -1.21. The van der Waals surface area contributed by atoms with Crippen LogP contribution in [0.1, 0.15) is 6.23 Å². The van der Waals surface area contributed by atoms with Gasteiger partial charge < -0.3 is 20.7 Å². The minimum absolute atomic E-state index is 0.199. The Morgan fingerprint density at radius 3 is 2.90 bits per heavy atom. The van der Waals surface area contributed by atoms with Gasteiger partial charge in [-0.3, -0.25) is 4.57 Å². The molecule has 1 aliphatic rings. The molecular formula is C10H12N6O4. The van der Waals surface area contributed by atoms with E-state index >= 15 is 0 Å². The molecule has 0 aliphatic carbocycles. The Hall–Kier alpha value is -2.17. The summed E-state index contributed by atoms with van der Waals surface area (Å²) in [7, 11) is 0. The van der Waals surface area contributed by atoms with Crippen LogP contribution in [0.2, 0.25) is 0 Å². The quantitative estimate of drug-likeness (QED) is 0.593. The molecule has 1 fully saturated rings. The number of ether oxygens (including phenoxy) is 1. The number of imidazole rings is 1. The summed E-state index contributed by atoms with van der Waals surface area (Å²) in [5.41, 5.74) is 6.40. The Bertz CT molecular complexity index is 646. The van der Waals surface area contributed by atoms with Crippen LogP contribution < -0.4 is 5.73 Å². The molecule has 0 saturated carbocycles. The number of rotatable bonds is 3. The molecule has 10 heteroatoms. The van der Waals surface area contributed by atoms with Gasteiger partial charge in [-0.15, -0.1) is 0 Å². The number of hydrogen-bond donors (Lipinski definition) is 3. The van der Waals surface area contributed by atoms with Crippen LogP contribution in [-0.2, 0) is 4.74 Å². The summed E-state index contributed by atoms with van der Waals surface area (Å²) in [6, 6.07) is -1.05. The highest BCUT2D eigenvalue weighted by Gasteiger charge is 2.46. The summed E-state index contributed by atoms with van der Waals surface area (Å²) >= 11 is 0. The SMILES string of the molecule is Nc1ncnc2c1ncn2C1OC(CO)C(N=O)C1O. The largest absolute Gasteiger partial charge is 0.394 e. The molecule has 2 aromatic rings. The van der Waals surface area contributed by atoms with Gasteiger partial charge in [0.05, 0.1) is 12.9 Å². The molecule has 1 aliphatic heterocycles. The number of nitrogen functional groups attached to an aromatic ring is 1. The van der Waals surface area contributed by atoms with Crippen molar-refractivity contribution in [2.24, 2.45) is 5.18 Å². The van der Waals surface area contributed by atoms with Gasteiger partial charge in [0, 0.05) is 0 Å². The first-order valence-electron chi connectivity index (χ1n) is 5.87. The highest BCUT2D eigenvalue weighted by molar-refractivity contribution is 5.81. The average Bonchev–Trinajstić information content (AvgIpc) is 3.00. The van der Waals surface area contributed by atoms with Crippen molar-refractivity contribution in [3.8, 4) is 0 Å². The zero-order valence-corrected chi connectivity index (χ0v) is 10.2. The lowest BCUT2D eigenvalue weighted by Gasteiger charge is -2.16. The van der Waals surface area contributed by atoms with Gasteiger partial charge >= 0.3 is 0 Å². The summed E-state index contributed by atoms with van der Waals surface area (Å²) < 4.78 is 6.88. The van der Waals surface area contributed by atoms with E-state index in [1.807, 2.05) is 0 Å². The monoisotopic (exact) mass is 280 g/mol. The van der Waals surface area contributed by atoms with Crippen LogP contribution in [0.5, 0.6) is 0 Å².